The molecule has 2 aromatic carbocycles. The van der Waals surface area contributed by atoms with Crippen LogP contribution in [0.2, 0.25) is 0 Å². The molecule has 0 spiro atoms. The second-order valence-corrected chi connectivity index (χ2v) is 7.88. The second-order valence-electron chi connectivity index (χ2n) is 7.88. The van der Waals surface area contributed by atoms with Crippen LogP contribution in [0, 0.1) is 0 Å². The molecule has 174 valence electrons. The van der Waals surface area contributed by atoms with Gasteiger partial charge in [0.05, 0.1) is 13.2 Å². The lowest BCUT2D eigenvalue weighted by atomic mass is 10.0. The molecule has 9 heteroatoms. The number of aliphatic hydroxyl groups is 1. The number of nitrogens with zero attached hydrogens (tertiary/aromatic N) is 3. The summed E-state index contributed by atoms with van der Waals surface area (Å²) in [5.74, 6) is -0.141. The average Bonchev–Trinajstić information content (AvgIpc) is 3.16. The fraction of sp³-hybridized carbons (Fsp3) is 0.333. The molecule has 2 heterocycles. The molecule has 33 heavy (non-hydrogen) atoms. The Hall–Kier alpha value is -3.30. The third kappa shape index (κ3) is 5.74. The van der Waals surface area contributed by atoms with E-state index in [2.05, 4.69) is 20.1 Å². The number of aromatic nitrogens is 2. The molecule has 1 amide bonds. The van der Waals surface area contributed by atoms with Crippen molar-refractivity contribution in [3.8, 4) is 5.75 Å². The Bertz CT molecular complexity index is 1090. The molecule has 1 aliphatic heterocycles. The fourth-order valence-corrected chi connectivity index (χ4v) is 4.08. The maximum atomic E-state index is 13.0. The minimum Gasteiger partial charge on any atom is -0.435 e. The highest BCUT2D eigenvalue weighted by Crippen LogP contribution is 2.25. The van der Waals surface area contributed by atoms with Gasteiger partial charge < -0.3 is 15.2 Å². The molecule has 0 unspecified atom stereocenters. The summed E-state index contributed by atoms with van der Waals surface area (Å²) in [4.78, 5) is 15.1. The number of carbonyl (C=O) groups excluding carboxylic acids is 1. The van der Waals surface area contributed by atoms with Gasteiger partial charge >= 0.3 is 6.61 Å². The first-order valence-corrected chi connectivity index (χ1v) is 10.8. The van der Waals surface area contributed by atoms with Gasteiger partial charge in [-0.3, -0.25) is 14.4 Å². The van der Waals surface area contributed by atoms with Crippen LogP contribution in [0.3, 0.4) is 0 Å². The zero-order chi connectivity index (χ0) is 23.2. The molecule has 0 bridgehead atoms. The van der Waals surface area contributed by atoms with Crippen molar-refractivity contribution >= 4 is 5.91 Å². The van der Waals surface area contributed by atoms with Crippen molar-refractivity contribution in [2.45, 2.75) is 39.2 Å². The average molecular weight is 456 g/mol. The molecule has 7 nitrogen and oxygen atoms in total. The van der Waals surface area contributed by atoms with Crippen molar-refractivity contribution in [2.75, 3.05) is 13.2 Å². The molecule has 0 saturated heterocycles. The molecule has 3 aromatic rings. The Kier molecular flexibility index (Phi) is 7.31. The smallest absolute Gasteiger partial charge is 0.387 e. The maximum absolute atomic E-state index is 13.0. The van der Waals surface area contributed by atoms with Gasteiger partial charge in [-0.05, 0) is 23.3 Å². The van der Waals surface area contributed by atoms with E-state index in [-0.39, 0.29) is 18.3 Å². The van der Waals surface area contributed by atoms with E-state index in [4.69, 9.17) is 0 Å². The molecule has 0 saturated carbocycles. The van der Waals surface area contributed by atoms with Gasteiger partial charge in [0.1, 0.15) is 5.75 Å². The van der Waals surface area contributed by atoms with Gasteiger partial charge in [-0.2, -0.15) is 13.9 Å². The number of hydrogen-bond acceptors (Lipinski definition) is 5. The van der Waals surface area contributed by atoms with E-state index in [0.717, 1.165) is 28.9 Å². The number of rotatable bonds is 9. The Balaban J connectivity index is 1.50. The lowest BCUT2D eigenvalue weighted by molar-refractivity contribution is -0.0499. The number of alkyl halides is 2. The van der Waals surface area contributed by atoms with Gasteiger partial charge in [0.2, 0.25) is 0 Å². The van der Waals surface area contributed by atoms with Crippen LogP contribution in [-0.4, -0.2) is 45.5 Å². The van der Waals surface area contributed by atoms with Crippen molar-refractivity contribution in [3.63, 3.8) is 0 Å². The van der Waals surface area contributed by atoms with Crippen molar-refractivity contribution < 1.29 is 23.4 Å². The molecule has 0 atom stereocenters. The number of nitrogens with one attached hydrogen (secondary N) is 1. The van der Waals surface area contributed by atoms with Gasteiger partial charge in [0.25, 0.3) is 5.91 Å². The molecule has 0 fully saturated rings. The summed E-state index contributed by atoms with van der Waals surface area (Å²) in [6.45, 7) is -0.490. The van der Waals surface area contributed by atoms with Crippen LogP contribution in [0.1, 0.15) is 32.9 Å². The SMILES string of the molecule is O=C(NCc1ccccc1)c1nn(CCO)c2c1CN(Cc1cccc(OC(F)F)c1)CC2. The molecular formula is C24H26F2N4O3. The summed E-state index contributed by atoms with van der Waals surface area (Å²) >= 11 is 0. The summed E-state index contributed by atoms with van der Waals surface area (Å²) in [5.41, 5.74) is 3.96. The highest BCUT2D eigenvalue weighted by molar-refractivity contribution is 5.94. The molecule has 1 aliphatic rings. The number of fused-ring (bicyclic) bond motifs is 1. The van der Waals surface area contributed by atoms with Crippen LogP contribution < -0.4 is 10.1 Å². The normalized spacial score (nSPS) is 13.7. The van der Waals surface area contributed by atoms with Crippen LogP contribution in [0.25, 0.3) is 0 Å². The third-order valence-corrected chi connectivity index (χ3v) is 5.57. The second kappa shape index (κ2) is 10.5. The lowest BCUT2D eigenvalue weighted by Gasteiger charge is -2.28. The number of aliphatic hydroxyl groups excluding tert-OH is 1. The fourth-order valence-electron chi connectivity index (χ4n) is 4.08. The van der Waals surface area contributed by atoms with Crippen LogP contribution in [-0.2, 0) is 32.6 Å². The molecule has 0 aliphatic carbocycles. The van der Waals surface area contributed by atoms with E-state index < -0.39 is 6.61 Å². The standard InChI is InChI=1S/C24H26F2N4O3/c25-24(26)33-19-8-4-7-18(13-19)15-29-10-9-21-20(16-29)22(28-30(21)11-12-31)23(32)27-14-17-5-2-1-3-6-17/h1-8,13,24,31H,9-12,14-16H2,(H,27,32). The first-order valence-electron chi connectivity index (χ1n) is 10.8. The van der Waals surface area contributed by atoms with E-state index >= 15 is 0 Å². The van der Waals surface area contributed by atoms with Crippen molar-refractivity contribution in [1.29, 1.82) is 0 Å². The van der Waals surface area contributed by atoms with E-state index in [1.165, 1.54) is 6.07 Å². The predicted molar refractivity (Wildman–Crippen MR) is 118 cm³/mol. The Labute approximate surface area is 190 Å². The van der Waals surface area contributed by atoms with Crippen LogP contribution in [0.4, 0.5) is 8.78 Å². The summed E-state index contributed by atoms with van der Waals surface area (Å²) in [6.07, 6.45) is 0.668. The number of amides is 1. The van der Waals surface area contributed by atoms with Crippen molar-refractivity contribution in [3.05, 3.63) is 82.7 Å². The topological polar surface area (TPSA) is 79.6 Å². The molecule has 4 rings (SSSR count). The van der Waals surface area contributed by atoms with E-state index in [9.17, 15) is 18.7 Å². The molecule has 1 aromatic heterocycles. The Morgan fingerprint density at radius 2 is 1.94 bits per heavy atom. The summed E-state index contributed by atoms with van der Waals surface area (Å²) < 4.78 is 31.3. The maximum Gasteiger partial charge on any atom is 0.387 e. The van der Waals surface area contributed by atoms with Crippen molar-refractivity contribution in [1.82, 2.24) is 20.0 Å². The summed E-state index contributed by atoms with van der Waals surface area (Å²) in [5, 5.41) is 16.8. The van der Waals surface area contributed by atoms with Gasteiger partial charge in [-0.25, -0.2) is 0 Å². The molecule has 0 radical (unpaired) electrons. The first kappa shape index (κ1) is 22.9. The Morgan fingerprint density at radius 3 is 2.70 bits per heavy atom. The third-order valence-electron chi connectivity index (χ3n) is 5.57. The van der Waals surface area contributed by atoms with E-state index in [1.807, 2.05) is 36.4 Å². The highest BCUT2D eigenvalue weighted by atomic mass is 19.3. The zero-order valence-corrected chi connectivity index (χ0v) is 18.1. The molecular weight excluding hydrogens is 430 g/mol. The number of halogens is 2. The van der Waals surface area contributed by atoms with Gasteiger partial charge in [-0.15, -0.1) is 0 Å². The summed E-state index contributed by atoms with van der Waals surface area (Å²) in [6, 6.07) is 16.3. The molecule has 2 N–H and O–H groups in total. The summed E-state index contributed by atoms with van der Waals surface area (Å²) in [7, 11) is 0. The van der Waals surface area contributed by atoms with Crippen molar-refractivity contribution in [2.24, 2.45) is 0 Å². The lowest BCUT2D eigenvalue weighted by Crippen LogP contribution is -2.32. The minimum atomic E-state index is -2.87. The van der Waals surface area contributed by atoms with E-state index in [1.54, 1.807) is 16.8 Å². The minimum absolute atomic E-state index is 0.0696. The number of benzene rings is 2. The first-order chi connectivity index (χ1) is 16.0. The van der Waals surface area contributed by atoms with Gasteiger partial charge in [0.15, 0.2) is 5.69 Å². The van der Waals surface area contributed by atoms with Crippen LogP contribution >= 0.6 is 0 Å². The number of hydrogen-bond donors (Lipinski definition) is 2. The van der Waals surface area contributed by atoms with Crippen LogP contribution in [0.5, 0.6) is 5.75 Å². The quantitative estimate of drug-likeness (QED) is 0.518. The largest absolute Gasteiger partial charge is 0.435 e. The zero-order valence-electron chi connectivity index (χ0n) is 18.1. The number of ether oxygens (including phenoxy) is 1. The Morgan fingerprint density at radius 1 is 1.15 bits per heavy atom. The van der Waals surface area contributed by atoms with E-state index in [0.29, 0.717) is 38.3 Å². The number of carbonyl (C=O) groups is 1. The van der Waals surface area contributed by atoms with Crippen LogP contribution in [0.15, 0.2) is 54.6 Å². The van der Waals surface area contributed by atoms with Gasteiger partial charge in [-0.1, -0.05) is 42.5 Å². The monoisotopic (exact) mass is 456 g/mol. The van der Waals surface area contributed by atoms with Gasteiger partial charge in [0, 0.05) is 43.9 Å². The highest BCUT2D eigenvalue weighted by Gasteiger charge is 2.28. The predicted octanol–water partition coefficient (Wildman–Crippen LogP) is 2.97.